The molecule has 6 atom stereocenters. The van der Waals surface area contributed by atoms with Gasteiger partial charge in [0.15, 0.2) is 17.2 Å². The average molecular weight is 385 g/mol. The Morgan fingerprint density at radius 1 is 1.11 bits per heavy atom. The van der Waals surface area contributed by atoms with E-state index in [-0.39, 0.29) is 23.0 Å². The third-order valence-corrected chi connectivity index (χ3v) is 8.90. The quantitative estimate of drug-likeness (QED) is 0.528. The van der Waals surface area contributed by atoms with Gasteiger partial charge in [-0.15, -0.1) is 6.58 Å². The van der Waals surface area contributed by atoms with Crippen molar-refractivity contribution in [3.63, 3.8) is 0 Å². The molecule has 4 aliphatic carbocycles. The molecule has 4 heteroatoms. The number of hydrogen-bond acceptors (Lipinski definition) is 4. The van der Waals surface area contributed by atoms with Crippen LogP contribution in [0.15, 0.2) is 24.3 Å². The molecule has 0 aromatic rings. The maximum atomic E-state index is 12.8. The Morgan fingerprint density at radius 3 is 2.46 bits per heavy atom. The maximum Gasteiger partial charge on any atom is 0.303 e. The van der Waals surface area contributed by atoms with Gasteiger partial charge >= 0.3 is 5.97 Å². The summed E-state index contributed by atoms with van der Waals surface area (Å²) >= 11 is 0. The molecule has 0 aliphatic heterocycles. The highest BCUT2D eigenvalue weighted by Crippen LogP contribution is 2.68. The van der Waals surface area contributed by atoms with Crippen LogP contribution in [0.5, 0.6) is 0 Å². The second-order valence-electron chi connectivity index (χ2n) is 9.77. The fourth-order valence-corrected chi connectivity index (χ4v) is 7.68. The molecule has 28 heavy (non-hydrogen) atoms. The first-order valence-electron chi connectivity index (χ1n) is 10.8. The number of carbonyl (C=O) groups excluding carboxylic acids is 3. The van der Waals surface area contributed by atoms with Crippen molar-refractivity contribution in [3.05, 3.63) is 24.3 Å². The van der Waals surface area contributed by atoms with Crippen molar-refractivity contribution in [1.29, 1.82) is 0 Å². The van der Waals surface area contributed by atoms with Crippen LogP contribution in [-0.4, -0.2) is 23.1 Å². The van der Waals surface area contributed by atoms with Gasteiger partial charge in [-0.3, -0.25) is 14.4 Å². The molecule has 0 heterocycles. The molecule has 0 unspecified atom stereocenters. The summed E-state index contributed by atoms with van der Waals surface area (Å²) in [6.45, 7) is 9.47. The van der Waals surface area contributed by atoms with Crippen molar-refractivity contribution < 1.29 is 19.1 Å². The number of ketones is 2. The Bertz CT molecular complexity index is 779. The number of esters is 1. The van der Waals surface area contributed by atoms with Gasteiger partial charge in [0.2, 0.25) is 0 Å². The van der Waals surface area contributed by atoms with Crippen molar-refractivity contribution in [2.75, 3.05) is 0 Å². The fourth-order valence-electron chi connectivity index (χ4n) is 7.68. The van der Waals surface area contributed by atoms with Crippen LogP contribution in [0.4, 0.5) is 0 Å². The molecule has 0 saturated heterocycles. The summed E-state index contributed by atoms with van der Waals surface area (Å²) in [6.07, 6.45) is 10.8. The van der Waals surface area contributed by atoms with E-state index in [0.29, 0.717) is 30.6 Å². The van der Waals surface area contributed by atoms with Gasteiger partial charge in [-0.2, -0.15) is 0 Å². The second-order valence-corrected chi connectivity index (χ2v) is 9.77. The van der Waals surface area contributed by atoms with Crippen molar-refractivity contribution in [3.8, 4) is 0 Å². The summed E-state index contributed by atoms with van der Waals surface area (Å²) in [6, 6.07) is 0. The average Bonchev–Trinajstić information content (AvgIpc) is 2.98. The molecule has 4 nitrogen and oxygen atoms in total. The standard InChI is InChI=1S/C24H32O4/c1-5-23-12-9-20-19(7-6-17-14-18(27)8-11-22(17,20)4)21(23)10-13-24(23,15(2)25)28-16(3)26/h5,14,19-21H,1,6-13H2,2-4H3/t19-,20+,21+,22+,23+,24+/m1/s1. The van der Waals surface area contributed by atoms with Crippen LogP contribution >= 0.6 is 0 Å². The van der Waals surface area contributed by atoms with E-state index in [1.54, 1.807) is 6.92 Å². The van der Waals surface area contributed by atoms with Gasteiger partial charge in [0.1, 0.15) is 0 Å². The van der Waals surface area contributed by atoms with E-state index in [1.807, 2.05) is 12.2 Å². The predicted octanol–water partition coefficient (Wildman–Crippen LogP) is 4.58. The molecule has 0 amide bonds. The van der Waals surface area contributed by atoms with Crippen LogP contribution < -0.4 is 0 Å². The Kier molecular flexibility index (Phi) is 4.48. The Labute approximate surface area is 167 Å². The van der Waals surface area contributed by atoms with Crippen LogP contribution in [0.3, 0.4) is 0 Å². The third kappa shape index (κ3) is 2.39. The highest BCUT2D eigenvalue weighted by molar-refractivity contribution is 5.92. The van der Waals surface area contributed by atoms with Gasteiger partial charge in [-0.05, 0) is 81.1 Å². The van der Waals surface area contributed by atoms with Crippen molar-refractivity contribution >= 4 is 17.5 Å². The zero-order chi connectivity index (χ0) is 20.3. The van der Waals surface area contributed by atoms with E-state index in [0.717, 1.165) is 38.5 Å². The minimum Gasteiger partial charge on any atom is -0.450 e. The summed E-state index contributed by atoms with van der Waals surface area (Å²) in [5, 5.41) is 0. The van der Waals surface area contributed by atoms with E-state index in [4.69, 9.17) is 4.74 Å². The second kappa shape index (κ2) is 6.40. The first-order chi connectivity index (χ1) is 13.2. The third-order valence-electron chi connectivity index (χ3n) is 8.90. The van der Waals surface area contributed by atoms with E-state index in [2.05, 4.69) is 13.5 Å². The first-order valence-corrected chi connectivity index (χ1v) is 10.8. The van der Waals surface area contributed by atoms with E-state index in [1.165, 1.54) is 12.5 Å². The summed E-state index contributed by atoms with van der Waals surface area (Å²) in [4.78, 5) is 36.8. The molecule has 0 bridgehead atoms. The van der Waals surface area contributed by atoms with Crippen LogP contribution in [0, 0.1) is 28.6 Å². The Hall–Kier alpha value is -1.71. The van der Waals surface area contributed by atoms with E-state index < -0.39 is 11.0 Å². The van der Waals surface area contributed by atoms with Gasteiger partial charge in [0.05, 0.1) is 0 Å². The SMILES string of the molecule is C=C[C@]12CC[C@H]3[C@@H](CCC4=CC(=O)CC[C@@]43C)[C@@H]1CC[C@]2(OC(C)=O)C(C)=O. The van der Waals surface area contributed by atoms with Crippen molar-refractivity contribution in [2.24, 2.45) is 28.6 Å². The van der Waals surface area contributed by atoms with Crippen molar-refractivity contribution in [2.45, 2.75) is 77.7 Å². The molecule has 4 aliphatic rings. The number of allylic oxidation sites excluding steroid dienone is 1. The number of fused-ring (bicyclic) bond motifs is 5. The van der Waals surface area contributed by atoms with Gasteiger partial charge in [-0.1, -0.05) is 18.6 Å². The summed E-state index contributed by atoms with van der Waals surface area (Å²) in [5.41, 5.74) is -0.0942. The minimum atomic E-state index is -1.06. The zero-order valence-electron chi connectivity index (χ0n) is 17.4. The predicted molar refractivity (Wildman–Crippen MR) is 106 cm³/mol. The molecule has 0 aromatic heterocycles. The molecular formula is C24H32O4. The van der Waals surface area contributed by atoms with Crippen molar-refractivity contribution in [1.82, 2.24) is 0 Å². The molecule has 0 aromatic carbocycles. The molecule has 3 fully saturated rings. The molecule has 0 N–H and O–H groups in total. The van der Waals surface area contributed by atoms with Gasteiger partial charge in [-0.25, -0.2) is 0 Å². The summed E-state index contributed by atoms with van der Waals surface area (Å²) < 4.78 is 5.83. The lowest BCUT2D eigenvalue weighted by Gasteiger charge is -2.59. The number of ether oxygens (including phenoxy) is 1. The zero-order valence-corrected chi connectivity index (χ0v) is 17.4. The molecule has 4 rings (SSSR count). The lowest BCUT2D eigenvalue weighted by Crippen LogP contribution is -2.59. The first kappa shape index (κ1) is 19.6. The lowest BCUT2D eigenvalue weighted by atomic mass is 9.46. The van der Waals surface area contributed by atoms with Gasteiger partial charge in [0.25, 0.3) is 0 Å². The Balaban J connectivity index is 1.75. The molecule has 0 spiro atoms. The molecular weight excluding hydrogens is 352 g/mol. The van der Waals surface area contributed by atoms with Crippen LogP contribution in [0.25, 0.3) is 0 Å². The minimum absolute atomic E-state index is 0.0468. The van der Waals surface area contributed by atoms with E-state index in [9.17, 15) is 14.4 Å². The highest BCUT2D eigenvalue weighted by Gasteiger charge is 2.68. The molecule has 152 valence electrons. The largest absolute Gasteiger partial charge is 0.450 e. The van der Waals surface area contributed by atoms with Crippen LogP contribution in [0.1, 0.15) is 72.1 Å². The number of carbonyl (C=O) groups is 3. The van der Waals surface area contributed by atoms with Gasteiger partial charge in [0, 0.05) is 18.8 Å². The van der Waals surface area contributed by atoms with Crippen LogP contribution in [0.2, 0.25) is 0 Å². The van der Waals surface area contributed by atoms with E-state index >= 15 is 0 Å². The molecule has 0 radical (unpaired) electrons. The maximum absolute atomic E-state index is 12.8. The summed E-state index contributed by atoms with van der Waals surface area (Å²) in [7, 11) is 0. The molecule has 3 saturated carbocycles. The monoisotopic (exact) mass is 384 g/mol. The number of rotatable bonds is 3. The number of Topliss-reactive ketones (excluding diaryl/α,β-unsaturated/α-hetero) is 1. The summed E-state index contributed by atoms with van der Waals surface area (Å²) in [5.74, 6) is 1.16. The lowest BCUT2D eigenvalue weighted by molar-refractivity contribution is -0.182. The highest BCUT2D eigenvalue weighted by atomic mass is 16.6. The fraction of sp³-hybridized carbons (Fsp3) is 0.708. The number of hydrogen-bond donors (Lipinski definition) is 0. The van der Waals surface area contributed by atoms with Gasteiger partial charge < -0.3 is 4.74 Å². The normalized spacial score (nSPS) is 44.6. The Morgan fingerprint density at radius 2 is 1.82 bits per heavy atom. The van der Waals surface area contributed by atoms with Crippen LogP contribution in [-0.2, 0) is 19.1 Å². The topological polar surface area (TPSA) is 60.4 Å². The smallest absolute Gasteiger partial charge is 0.303 e.